The maximum Gasteiger partial charge on any atom is 0.204 e. The van der Waals surface area contributed by atoms with Crippen LogP contribution in [0.2, 0.25) is 0 Å². The van der Waals surface area contributed by atoms with Crippen LogP contribution in [0.4, 0.5) is 5.82 Å². The molecule has 0 fully saturated rings. The number of methoxy groups -OCH3 is 1. The van der Waals surface area contributed by atoms with Crippen molar-refractivity contribution in [2.45, 2.75) is 52.5 Å². The van der Waals surface area contributed by atoms with E-state index in [9.17, 15) is 4.79 Å². The van der Waals surface area contributed by atoms with Crippen molar-refractivity contribution < 1.29 is 9.53 Å². The molecule has 0 saturated carbocycles. The number of hydrogen-bond donors (Lipinski definition) is 1. The fourth-order valence-corrected chi connectivity index (χ4v) is 4.21. The molecule has 3 rings (SSSR count). The summed E-state index contributed by atoms with van der Waals surface area (Å²) in [7, 11) is 5.60. The maximum absolute atomic E-state index is 12.5. The third-order valence-electron chi connectivity index (χ3n) is 5.60. The summed E-state index contributed by atoms with van der Waals surface area (Å²) in [5, 5.41) is 11.9. The number of ether oxygens (including phenoxy) is 1. The van der Waals surface area contributed by atoms with E-state index in [-0.39, 0.29) is 6.04 Å². The molecule has 168 valence electrons. The van der Waals surface area contributed by atoms with Crippen LogP contribution in [-0.2, 0) is 4.79 Å². The van der Waals surface area contributed by atoms with Crippen molar-refractivity contribution in [1.29, 1.82) is 0 Å². The highest BCUT2D eigenvalue weighted by Crippen LogP contribution is 2.25. The van der Waals surface area contributed by atoms with Gasteiger partial charge in [-0.2, -0.15) is 0 Å². The molecule has 8 heteroatoms. The number of ketones is 1. The number of carbonyl (C=O) groups excluding carboxylic acids is 1. The maximum atomic E-state index is 12.5. The first-order valence-electron chi connectivity index (χ1n) is 11.0. The minimum Gasteiger partial charge on any atom is -0.497 e. The van der Waals surface area contributed by atoms with Gasteiger partial charge in [0.2, 0.25) is 5.65 Å². The fraction of sp³-hybridized carbons (Fsp3) is 0.565. The molecule has 1 atom stereocenters. The summed E-state index contributed by atoms with van der Waals surface area (Å²) in [4.78, 5) is 19.3. The third kappa shape index (κ3) is 5.12. The van der Waals surface area contributed by atoms with Gasteiger partial charge in [-0.05, 0) is 51.9 Å². The lowest BCUT2D eigenvalue weighted by Gasteiger charge is -2.26. The van der Waals surface area contributed by atoms with Crippen LogP contribution in [0.1, 0.15) is 45.4 Å². The van der Waals surface area contributed by atoms with Crippen LogP contribution in [-0.4, -0.2) is 64.1 Å². The van der Waals surface area contributed by atoms with E-state index in [1.54, 1.807) is 7.11 Å². The summed E-state index contributed by atoms with van der Waals surface area (Å²) in [5.74, 6) is 2.95. The van der Waals surface area contributed by atoms with Crippen molar-refractivity contribution in [2.24, 2.45) is 5.92 Å². The molecule has 0 saturated heterocycles. The van der Waals surface area contributed by atoms with Crippen molar-refractivity contribution in [3.8, 4) is 5.75 Å². The number of hydrogen-bond acceptors (Lipinski definition) is 7. The molecule has 3 aromatic rings. The smallest absolute Gasteiger partial charge is 0.204 e. The molecule has 0 aliphatic rings. The van der Waals surface area contributed by atoms with Gasteiger partial charge in [-0.1, -0.05) is 20.3 Å². The largest absolute Gasteiger partial charge is 0.497 e. The molecule has 0 aliphatic carbocycles. The summed E-state index contributed by atoms with van der Waals surface area (Å²) < 4.78 is 7.36. The van der Waals surface area contributed by atoms with Gasteiger partial charge in [-0.15, -0.1) is 10.2 Å². The van der Waals surface area contributed by atoms with Gasteiger partial charge in [0, 0.05) is 19.0 Å². The number of likely N-dealkylation sites (N-methyl/N-ethyl adjacent to an activating group) is 1. The van der Waals surface area contributed by atoms with Gasteiger partial charge in [0.15, 0.2) is 5.82 Å². The molecular weight excluding hydrogens is 392 g/mol. The summed E-state index contributed by atoms with van der Waals surface area (Å²) in [6.45, 7) is 6.90. The summed E-state index contributed by atoms with van der Waals surface area (Å²) in [5.41, 5.74) is 2.49. The van der Waals surface area contributed by atoms with Crippen molar-refractivity contribution in [2.75, 3.05) is 33.1 Å². The third-order valence-corrected chi connectivity index (χ3v) is 5.60. The van der Waals surface area contributed by atoms with Gasteiger partial charge in [-0.25, -0.2) is 4.98 Å². The topological polar surface area (TPSA) is 84.6 Å². The number of unbranched alkanes of at least 4 members (excludes halogenated alkanes) is 2. The first kappa shape index (κ1) is 22.9. The highest BCUT2D eigenvalue weighted by Gasteiger charge is 2.23. The van der Waals surface area contributed by atoms with E-state index in [1.807, 2.05) is 48.5 Å². The zero-order valence-electron chi connectivity index (χ0n) is 19.5. The van der Waals surface area contributed by atoms with Gasteiger partial charge in [-0.3, -0.25) is 14.1 Å². The van der Waals surface area contributed by atoms with E-state index in [0.717, 1.165) is 54.1 Å². The molecule has 0 aliphatic heterocycles. The molecule has 1 aromatic carbocycles. The predicted octanol–water partition coefficient (Wildman–Crippen LogP) is 3.72. The molecule has 0 unspecified atom stereocenters. The molecule has 31 heavy (non-hydrogen) atoms. The quantitative estimate of drug-likeness (QED) is 0.468. The zero-order valence-corrected chi connectivity index (χ0v) is 19.5. The van der Waals surface area contributed by atoms with E-state index in [2.05, 4.69) is 29.4 Å². The number of nitrogens with zero attached hydrogens (tertiary/aromatic N) is 5. The van der Waals surface area contributed by atoms with E-state index >= 15 is 0 Å². The monoisotopic (exact) mass is 426 g/mol. The Hall–Kier alpha value is -2.74. The summed E-state index contributed by atoms with van der Waals surface area (Å²) in [6.07, 6.45) is 3.47. The van der Waals surface area contributed by atoms with Gasteiger partial charge < -0.3 is 10.1 Å². The van der Waals surface area contributed by atoms with Crippen LogP contribution in [0.3, 0.4) is 0 Å². The van der Waals surface area contributed by atoms with Gasteiger partial charge in [0.25, 0.3) is 0 Å². The van der Waals surface area contributed by atoms with Crippen LogP contribution in [0.5, 0.6) is 5.75 Å². The van der Waals surface area contributed by atoms with Gasteiger partial charge in [0.1, 0.15) is 17.4 Å². The number of anilines is 1. The SMILES string of the molecule is COc1ccc2c(c1)nc(NCCCCCC(=O)[C@H](C(C)C)N(C)C)c1nnc(C)n12. The Morgan fingerprint density at radius 3 is 2.65 bits per heavy atom. The number of Topliss-reactive ketones (excluding diaryl/α,β-unsaturated/α-hetero) is 1. The lowest BCUT2D eigenvalue weighted by atomic mass is 9.95. The van der Waals surface area contributed by atoms with Crippen molar-refractivity contribution in [3.05, 3.63) is 24.0 Å². The molecular formula is C23H34N6O2. The second-order valence-corrected chi connectivity index (χ2v) is 8.58. The zero-order chi connectivity index (χ0) is 22.5. The van der Waals surface area contributed by atoms with Crippen molar-refractivity contribution in [3.63, 3.8) is 0 Å². The number of fused-ring (bicyclic) bond motifs is 3. The van der Waals surface area contributed by atoms with E-state index in [1.165, 1.54) is 0 Å². The Kier molecular flexibility index (Phi) is 7.43. The summed E-state index contributed by atoms with van der Waals surface area (Å²) in [6, 6.07) is 5.81. The fourth-order valence-electron chi connectivity index (χ4n) is 4.21. The Morgan fingerprint density at radius 1 is 1.19 bits per heavy atom. The number of carbonyl (C=O) groups is 1. The van der Waals surface area contributed by atoms with E-state index < -0.39 is 0 Å². The summed E-state index contributed by atoms with van der Waals surface area (Å²) >= 11 is 0. The molecule has 1 N–H and O–H groups in total. The first-order chi connectivity index (χ1) is 14.8. The Morgan fingerprint density at radius 2 is 1.97 bits per heavy atom. The van der Waals surface area contributed by atoms with Gasteiger partial charge in [0.05, 0.1) is 24.2 Å². The molecule has 0 spiro atoms. The highest BCUT2D eigenvalue weighted by molar-refractivity contribution is 5.84. The van der Waals surface area contributed by atoms with Crippen LogP contribution in [0.15, 0.2) is 18.2 Å². The van der Waals surface area contributed by atoms with Crippen LogP contribution in [0.25, 0.3) is 16.7 Å². The van der Waals surface area contributed by atoms with Crippen LogP contribution in [0, 0.1) is 12.8 Å². The molecule has 2 aromatic heterocycles. The lowest BCUT2D eigenvalue weighted by molar-refractivity contribution is -0.124. The highest BCUT2D eigenvalue weighted by atomic mass is 16.5. The number of aromatic nitrogens is 4. The average molecular weight is 427 g/mol. The molecule has 0 bridgehead atoms. The molecule has 0 radical (unpaired) electrons. The van der Waals surface area contributed by atoms with Gasteiger partial charge >= 0.3 is 0 Å². The Balaban J connectivity index is 1.60. The van der Waals surface area contributed by atoms with Crippen LogP contribution >= 0.6 is 0 Å². The predicted molar refractivity (Wildman–Crippen MR) is 124 cm³/mol. The number of rotatable bonds is 11. The van der Waals surface area contributed by atoms with Crippen LogP contribution < -0.4 is 10.1 Å². The minimum absolute atomic E-state index is 0.00128. The molecule has 0 amide bonds. The van der Waals surface area contributed by atoms with E-state index in [4.69, 9.17) is 9.72 Å². The standard InChI is InChI=1S/C23H34N6O2/c1-15(2)21(28(4)5)20(30)10-8-7-9-13-24-22-23-27-26-16(3)29(23)19-12-11-17(31-6)14-18(19)25-22/h11-12,14-15,21H,7-10,13H2,1-6H3,(H,24,25)/t21-/m0/s1. The Labute approximate surface area is 184 Å². The molecule has 2 heterocycles. The number of aryl methyl sites for hydroxylation is 1. The van der Waals surface area contributed by atoms with Crippen molar-refractivity contribution in [1.82, 2.24) is 24.5 Å². The molecule has 8 nitrogen and oxygen atoms in total. The first-order valence-corrected chi connectivity index (χ1v) is 11.0. The van der Waals surface area contributed by atoms with Crippen molar-refractivity contribution >= 4 is 28.3 Å². The number of nitrogens with one attached hydrogen (secondary N) is 1. The average Bonchev–Trinajstić information content (AvgIpc) is 3.11. The second kappa shape index (κ2) is 10.0. The lowest BCUT2D eigenvalue weighted by Crippen LogP contribution is -2.39. The van der Waals surface area contributed by atoms with E-state index in [0.29, 0.717) is 23.9 Å². The Bertz CT molecular complexity index is 1040. The normalized spacial score (nSPS) is 12.8. The number of benzene rings is 1. The second-order valence-electron chi connectivity index (χ2n) is 8.58. The minimum atomic E-state index is 0.00128.